The Morgan fingerprint density at radius 1 is 1.08 bits per heavy atom. The van der Waals surface area contributed by atoms with Gasteiger partial charge in [0.15, 0.2) is 0 Å². The van der Waals surface area contributed by atoms with E-state index in [-0.39, 0.29) is 0 Å². The van der Waals surface area contributed by atoms with Crippen molar-refractivity contribution in [2.24, 2.45) is 5.92 Å². The van der Waals surface area contributed by atoms with Gasteiger partial charge in [0.25, 0.3) is 0 Å². The number of imidazole rings is 1. The topological polar surface area (TPSA) is 46.6 Å². The molecule has 4 nitrogen and oxygen atoms in total. The molecule has 0 unspecified atom stereocenters. The highest BCUT2D eigenvalue weighted by molar-refractivity contribution is 5.68. The average molecular weight is 334 g/mol. The second-order valence-corrected chi connectivity index (χ2v) is 7.35. The van der Waals surface area contributed by atoms with Gasteiger partial charge in [-0.1, -0.05) is 25.1 Å². The first kappa shape index (κ1) is 16.2. The van der Waals surface area contributed by atoms with Crippen LogP contribution in [-0.2, 0) is 6.54 Å². The van der Waals surface area contributed by atoms with Crippen molar-refractivity contribution in [3.8, 4) is 11.3 Å². The second kappa shape index (κ2) is 6.52. The third-order valence-electron chi connectivity index (χ3n) is 5.37. The minimum Gasteiger partial charge on any atom is -0.399 e. The Labute approximate surface area is 149 Å². The Hall–Kier alpha value is -2.33. The number of piperidine rings is 1. The van der Waals surface area contributed by atoms with Crippen LogP contribution in [0.15, 0.2) is 42.5 Å². The van der Waals surface area contributed by atoms with E-state index in [4.69, 9.17) is 10.7 Å². The Morgan fingerprint density at radius 2 is 1.80 bits per heavy atom. The van der Waals surface area contributed by atoms with E-state index in [1.54, 1.807) is 0 Å². The number of aryl methyl sites for hydroxylation is 1. The van der Waals surface area contributed by atoms with Gasteiger partial charge >= 0.3 is 0 Å². The smallest absolute Gasteiger partial charge is 0.137 e. The van der Waals surface area contributed by atoms with Crippen LogP contribution in [0.1, 0.15) is 31.2 Å². The lowest BCUT2D eigenvalue weighted by molar-refractivity contribution is 0.183. The highest BCUT2D eigenvalue weighted by Gasteiger charge is 2.21. The molecule has 130 valence electrons. The molecule has 3 heterocycles. The number of nitrogens with two attached hydrogens (primary N) is 1. The fourth-order valence-electron chi connectivity index (χ4n) is 3.78. The van der Waals surface area contributed by atoms with E-state index >= 15 is 0 Å². The zero-order valence-corrected chi connectivity index (χ0v) is 15.1. The zero-order chi connectivity index (χ0) is 17.4. The first-order chi connectivity index (χ1) is 12.1. The highest BCUT2D eigenvalue weighted by atomic mass is 15.2. The van der Waals surface area contributed by atoms with Gasteiger partial charge in [-0.2, -0.15) is 0 Å². The molecule has 0 spiro atoms. The molecule has 1 aliphatic rings. The third kappa shape index (κ3) is 3.14. The molecule has 2 aromatic heterocycles. The molecular weight excluding hydrogens is 308 g/mol. The van der Waals surface area contributed by atoms with Gasteiger partial charge in [0.2, 0.25) is 0 Å². The molecule has 0 atom stereocenters. The third-order valence-corrected chi connectivity index (χ3v) is 5.37. The lowest BCUT2D eigenvalue weighted by Crippen LogP contribution is -2.33. The fourth-order valence-corrected chi connectivity index (χ4v) is 3.78. The van der Waals surface area contributed by atoms with Crippen LogP contribution in [0, 0.1) is 12.8 Å². The summed E-state index contributed by atoms with van der Waals surface area (Å²) in [6, 6.07) is 14.4. The van der Waals surface area contributed by atoms with Gasteiger partial charge in [-0.15, -0.1) is 0 Å². The van der Waals surface area contributed by atoms with Crippen LogP contribution < -0.4 is 5.73 Å². The Morgan fingerprint density at radius 3 is 2.52 bits per heavy atom. The largest absolute Gasteiger partial charge is 0.399 e. The Bertz CT molecular complexity index is 871. The summed E-state index contributed by atoms with van der Waals surface area (Å²) in [6.07, 6.45) is 2.57. The predicted molar refractivity (Wildman–Crippen MR) is 103 cm³/mol. The van der Waals surface area contributed by atoms with Crippen molar-refractivity contribution < 1.29 is 0 Å². The van der Waals surface area contributed by atoms with Gasteiger partial charge in [0.1, 0.15) is 5.65 Å². The van der Waals surface area contributed by atoms with E-state index in [0.717, 1.165) is 35.1 Å². The summed E-state index contributed by atoms with van der Waals surface area (Å²) in [6.45, 7) is 7.79. The van der Waals surface area contributed by atoms with Crippen LogP contribution in [0.3, 0.4) is 0 Å². The van der Waals surface area contributed by atoms with Crippen LogP contribution in [0.2, 0.25) is 0 Å². The number of aromatic nitrogens is 2. The highest BCUT2D eigenvalue weighted by Crippen LogP contribution is 2.28. The maximum Gasteiger partial charge on any atom is 0.137 e. The van der Waals surface area contributed by atoms with Crippen LogP contribution in [0.25, 0.3) is 16.9 Å². The number of anilines is 1. The van der Waals surface area contributed by atoms with Crippen molar-refractivity contribution in [2.75, 3.05) is 18.8 Å². The zero-order valence-electron chi connectivity index (χ0n) is 15.1. The monoisotopic (exact) mass is 334 g/mol. The molecule has 4 rings (SSSR count). The average Bonchev–Trinajstić information content (AvgIpc) is 2.97. The van der Waals surface area contributed by atoms with E-state index < -0.39 is 0 Å². The second-order valence-electron chi connectivity index (χ2n) is 7.35. The number of hydrogen-bond donors (Lipinski definition) is 1. The van der Waals surface area contributed by atoms with Gasteiger partial charge in [0, 0.05) is 23.5 Å². The molecule has 0 radical (unpaired) electrons. The molecule has 0 amide bonds. The summed E-state index contributed by atoms with van der Waals surface area (Å²) in [4.78, 5) is 7.52. The summed E-state index contributed by atoms with van der Waals surface area (Å²) >= 11 is 0. The first-order valence-corrected chi connectivity index (χ1v) is 9.17. The molecule has 1 fully saturated rings. The number of likely N-dealkylation sites (tertiary alicyclic amines) is 1. The minimum atomic E-state index is 0.787. The maximum atomic E-state index is 5.87. The lowest BCUT2D eigenvalue weighted by atomic mass is 9.99. The molecule has 25 heavy (non-hydrogen) atoms. The molecule has 4 heteroatoms. The summed E-state index contributed by atoms with van der Waals surface area (Å²) in [5.74, 6) is 0.844. The van der Waals surface area contributed by atoms with Crippen LogP contribution in [0.4, 0.5) is 5.69 Å². The van der Waals surface area contributed by atoms with Crippen molar-refractivity contribution in [2.45, 2.75) is 33.2 Å². The van der Waals surface area contributed by atoms with Crippen molar-refractivity contribution >= 4 is 11.3 Å². The summed E-state index contributed by atoms with van der Waals surface area (Å²) in [5.41, 5.74) is 12.4. The molecule has 0 saturated carbocycles. The van der Waals surface area contributed by atoms with Gasteiger partial charge in [-0.25, -0.2) is 4.98 Å². The SMILES string of the molecule is Cc1cccc2nc(-c3ccc(N)cc3)c(CN3CCC(C)CC3)n12. The van der Waals surface area contributed by atoms with Crippen LogP contribution in [-0.4, -0.2) is 27.4 Å². The van der Waals surface area contributed by atoms with Gasteiger partial charge in [-0.05, 0) is 63.0 Å². The standard InChI is InChI=1S/C21H26N4/c1-15-10-12-24(13-11-15)14-19-21(17-6-8-18(22)9-7-17)23-20-5-3-4-16(2)25(19)20/h3-9,15H,10-14,22H2,1-2H3. The lowest BCUT2D eigenvalue weighted by Gasteiger charge is -2.30. The molecule has 3 aromatic rings. The number of hydrogen-bond acceptors (Lipinski definition) is 3. The predicted octanol–water partition coefficient (Wildman–Crippen LogP) is 4.12. The number of fused-ring (bicyclic) bond motifs is 1. The Balaban J connectivity index is 1.79. The van der Waals surface area contributed by atoms with Crippen LogP contribution in [0.5, 0.6) is 0 Å². The van der Waals surface area contributed by atoms with E-state index in [2.05, 4.69) is 53.5 Å². The molecule has 1 aromatic carbocycles. The molecule has 1 aliphatic heterocycles. The molecular formula is C21H26N4. The number of pyridine rings is 1. The fraction of sp³-hybridized carbons (Fsp3) is 0.381. The Kier molecular flexibility index (Phi) is 4.22. The van der Waals surface area contributed by atoms with Crippen molar-refractivity contribution in [3.63, 3.8) is 0 Å². The van der Waals surface area contributed by atoms with Gasteiger partial charge < -0.3 is 5.73 Å². The molecule has 0 aliphatic carbocycles. The van der Waals surface area contributed by atoms with E-state index in [1.165, 1.54) is 37.3 Å². The summed E-state index contributed by atoms with van der Waals surface area (Å²) < 4.78 is 2.31. The van der Waals surface area contributed by atoms with Crippen molar-refractivity contribution in [3.05, 3.63) is 53.9 Å². The van der Waals surface area contributed by atoms with Crippen LogP contribution >= 0.6 is 0 Å². The minimum absolute atomic E-state index is 0.787. The van der Waals surface area contributed by atoms with Crippen molar-refractivity contribution in [1.29, 1.82) is 0 Å². The van der Waals surface area contributed by atoms with E-state index in [9.17, 15) is 0 Å². The number of rotatable bonds is 3. The number of nitrogens with zero attached hydrogens (tertiary/aromatic N) is 3. The quantitative estimate of drug-likeness (QED) is 0.733. The molecule has 1 saturated heterocycles. The summed E-state index contributed by atoms with van der Waals surface area (Å²) in [5, 5.41) is 0. The van der Waals surface area contributed by atoms with Gasteiger partial charge in [0.05, 0.1) is 11.4 Å². The van der Waals surface area contributed by atoms with E-state index in [0.29, 0.717) is 0 Å². The van der Waals surface area contributed by atoms with Crippen molar-refractivity contribution in [1.82, 2.24) is 14.3 Å². The molecule has 0 bridgehead atoms. The summed E-state index contributed by atoms with van der Waals surface area (Å²) in [7, 11) is 0. The first-order valence-electron chi connectivity index (χ1n) is 9.17. The number of nitrogen functional groups attached to an aromatic ring is 1. The maximum absolute atomic E-state index is 5.87. The van der Waals surface area contributed by atoms with Gasteiger partial charge in [-0.3, -0.25) is 9.30 Å². The van der Waals surface area contributed by atoms with E-state index in [1.807, 2.05) is 12.1 Å². The number of benzene rings is 1. The molecule has 2 N–H and O–H groups in total. The normalized spacial score (nSPS) is 16.6.